The Morgan fingerprint density at radius 1 is 1.33 bits per heavy atom. The second-order valence-corrected chi connectivity index (χ2v) is 3.11. The normalized spacial score (nSPS) is 21.5. The molecule has 0 radical (unpaired) electrons. The second-order valence-electron chi connectivity index (χ2n) is 3.11. The van der Waals surface area contributed by atoms with Crippen LogP contribution in [0.2, 0.25) is 0 Å². The number of nitrogens with one attached hydrogen (secondary N) is 1. The smallest absolute Gasteiger partial charge is 0.108 e. The van der Waals surface area contributed by atoms with Crippen LogP contribution < -0.4 is 0 Å². The molecule has 2 nitrogen and oxygen atoms in total. The Balaban J connectivity index is 2.30. The van der Waals surface area contributed by atoms with Crippen LogP contribution in [0.15, 0.2) is 30.5 Å². The molecule has 12 heavy (non-hydrogen) atoms. The molecule has 0 amide bonds. The number of hydrogen-bond acceptors (Lipinski definition) is 1. The summed E-state index contributed by atoms with van der Waals surface area (Å²) in [4.78, 5) is 3.23. The first kappa shape index (κ1) is 6.26. The molecule has 1 aliphatic rings. The van der Waals surface area contributed by atoms with E-state index in [2.05, 4.69) is 23.2 Å². The van der Waals surface area contributed by atoms with Gasteiger partial charge in [0.1, 0.15) is 6.10 Å². The van der Waals surface area contributed by atoms with Crippen molar-refractivity contribution >= 4 is 10.9 Å². The summed E-state index contributed by atoms with van der Waals surface area (Å²) in [5.41, 5.74) is 2.49. The zero-order chi connectivity index (χ0) is 7.97. The Morgan fingerprint density at radius 2 is 2.17 bits per heavy atom. The van der Waals surface area contributed by atoms with E-state index in [1.807, 2.05) is 12.3 Å². The average molecular weight is 159 g/mol. The van der Waals surface area contributed by atoms with Gasteiger partial charge < -0.3 is 9.72 Å². The van der Waals surface area contributed by atoms with Crippen molar-refractivity contribution in [2.45, 2.75) is 6.10 Å². The summed E-state index contributed by atoms with van der Waals surface area (Å²) in [7, 11) is 0. The van der Waals surface area contributed by atoms with E-state index in [-0.39, 0.29) is 0 Å². The summed E-state index contributed by atoms with van der Waals surface area (Å²) >= 11 is 0. The Hall–Kier alpha value is -1.28. The van der Waals surface area contributed by atoms with Gasteiger partial charge in [0.2, 0.25) is 0 Å². The highest BCUT2D eigenvalue weighted by molar-refractivity contribution is 5.83. The highest BCUT2D eigenvalue weighted by Crippen LogP contribution is 2.34. The molecule has 2 heteroatoms. The second kappa shape index (κ2) is 2.11. The van der Waals surface area contributed by atoms with Crippen LogP contribution in [0.4, 0.5) is 0 Å². The number of ether oxygens (including phenoxy) is 1. The molecule has 1 aliphatic heterocycles. The van der Waals surface area contributed by atoms with Gasteiger partial charge in [-0.25, -0.2) is 0 Å². The van der Waals surface area contributed by atoms with Crippen LogP contribution >= 0.6 is 0 Å². The van der Waals surface area contributed by atoms with E-state index >= 15 is 0 Å². The van der Waals surface area contributed by atoms with Crippen molar-refractivity contribution in [2.75, 3.05) is 6.61 Å². The molecule has 1 aromatic carbocycles. The number of epoxide rings is 1. The van der Waals surface area contributed by atoms with E-state index in [9.17, 15) is 0 Å². The first-order chi connectivity index (χ1) is 5.95. The Morgan fingerprint density at radius 3 is 3.00 bits per heavy atom. The third-order valence-corrected chi connectivity index (χ3v) is 2.30. The van der Waals surface area contributed by atoms with Gasteiger partial charge in [-0.2, -0.15) is 0 Å². The molecule has 3 rings (SSSR count). The van der Waals surface area contributed by atoms with Gasteiger partial charge in [0, 0.05) is 22.7 Å². The lowest BCUT2D eigenvalue weighted by Gasteiger charge is -1.90. The molecule has 1 N–H and O–H groups in total. The third kappa shape index (κ3) is 0.786. The number of aromatic amines is 1. The van der Waals surface area contributed by atoms with Crippen LogP contribution in [0.1, 0.15) is 11.7 Å². The SMILES string of the molecule is c1ccc2c([C@@H]3CO3)c[nH]c2c1. The van der Waals surface area contributed by atoms with Crippen molar-refractivity contribution in [1.82, 2.24) is 4.98 Å². The minimum atomic E-state index is 0.348. The van der Waals surface area contributed by atoms with E-state index in [0.717, 1.165) is 6.61 Å². The number of benzene rings is 1. The van der Waals surface area contributed by atoms with Gasteiger partial charge in [0.25, 0.3) is 0 Å². The number of rotatable bonds is 1. The maximum absolute atomic E-state index is 5.24. The fourth-order valence-corrected chi connectivity index (χ4v) is 1.59. The summed E-state index contributed by atoms with van der Waals surface area (Å²) in [5, 5.41) is 1.29. The summed E-state index contributed by atoms with van der Waals surface area (Å²) in [6.45, 7) is 0.877. The molecule has 0 bridgehead atoms. The first-order valence-electron chi connectivity index (χ1n) is 4.13. The predicted octanol–water partition coefficient (Wildman–Crippen LogP) is 2.24. The summed E-state index contributed by atoms with van der Waals surface area (Å²) in [6, 6.07) is 8.31. The lowest BCUT2D eigenvalue weighted by molar-refractivity contribution is 0.417. The average Bonchev–Trinajstić information content (AvgIpc) is 2.86. The third-order valence-electron chi connectivity index (χ3n) is 2.30. The number of para-hydroxylation sites is 1. The maximum Gasteiger partial charge on any atom is 0.108 e. The van der Waals surface area contributed by atoms with Crippen LogP contribution in [0, 0.1) is 0 Å². The molecule has 1 fully saturated rings. The predicted molar refractivity (Wildman–Crippen MR) is 47.0 cm³/mol. The van der Waals surface area contributed by atoms with Crippen LogP contribution in [-0.2, 0) is 4.74 Å². The minimum Gasteiger partial charge on any atom is -0.368 e. The molecule has 0 unspecified atom stereocenters. The summed E-state index contributed by atoms with van der Waals surface area (Å²) in [6.07, 6.45) is 2.39. The quantitative estimate of drug-likeness (QED) is 0.635. The monoisotopic (exact) mass is 159 g/mol. The Bertz CT molecular complexity index is 414. The zero-order valence-electron chi connectivity index (χ0n) is 6.58. The van der Waals surface area contributed by atoms with E-state index in [1.165, 1.54) is 16.5 Å². The van der Waals surface area contributed by atoms with Crippen LogP contribution in [0.5, 0.6) is 0 Å². The highest BCUT2D eigenvalue weighted by Gasteiger charge is 2.27. The summed E-state index contributed by atoms with van der Waals surface area (Å²) in [5.74, 6) is 0. The fourth-order valence-electron chi connectivity index (χ4n) is 1.59. The van der Waals surface area contributed by atoms with Crippen molar-refractivity contribution in [1.29, 1.82) is 0 Å². The van der Waals surface area contributed by atoms with E-state index < -0.39 is 0 Å². The molecule has 0 spiro atoms. The maximum atomic E-state index is 5.24. The molecule has 2 heterocycles. The van der Waals surface area contributed by atoms with Crippen LogP contribution in [-0.4, -0.2) is 11.6 Å². The van der Waals surface area contributed by atoms with Crippen molar-refractivity contribution in [3.05, 3.63) is 36.0 Å². The largest absolute Gasteiger partial charge is 0.368 e. The molecular weight excluding hydrogens is 150 g/mol. The van der Waals surface area contributed by atoms with E-state index in [1.54, 1.807) is 0 Å². The topological polar surface area (TPSA) is 28.3 Å². The molecular formula is C10H9NO. The van der Waals surface area contributed by atoms with Crippen LogP contribution in [0.3, 0.4) is 0 Å². The van der Waals surface area contributed by atoms with Gasteiger partial charge in [-0.1, -0.05) is 18.2 Å². The number of fused-ring (bicyclic) bond motifs is 1. The van der Waals surface area contributed by atoms with Gasteiger partial charge in [-0.15, -0.1) is 0 Å². The number of hydrogen-bond donors (Lipinski definition) is 1. The Labute approximate surface area is 70.2 Å². The molecule has 0 aliphatic carbocycles. The van der Waals surface area contributed by atoms with Crippen molar-refractivity contribution in [3.8, 4) is 0 Å². The molecule has 1 saturated heterocycles. The molecule has 1 aromatic heterocycles. The first-order valence-corrected chi connectivity index (χ1v) is 4.13. The van der Waals surface area contributed by atoms with Gasteiger partial charge in [0.05, 0.1) is 6.61 Å². The van der Waals surface area contributed by atoms with E-state index in [4.69, 9.17) is 4.74 Å². The molecule has 0 saturated carbocycles. The Kier molecular flexibility index (Phi) is 1.10. The molecule has 2 aromatic rings. The number of aromatic nitrogens is 1. The van der Waals surface area contributed by atoms with E-state index in [0.29, 0.717) is 6.10 Å². The number of H-pyrrole nitrogens is 1. The lowest BCUT2D eigenvalue weighted by Crippen LogP contribution is -1.74. The van der Waals surface area contributed by atoms with Crippen molar-refractivity contribution in [2.24, 2.45) is 0 Å². The zero-order valence-corrected chi connectivity index (χ0v) is 6.58. The van der Waals surface area contributed by atoms with Gasteiger partial charge in [0.15, 0.2) is 0 Å². The molecule has 1 atom stereocenters. The van der Waals surface area contributed by atoms with Gasteiger partial charge in [-0.05, 0) is 6.07 Å². The van der Waals surface area contributed by atoms with Crippen LogP contribution in [0.25, 0.3) is 10.9 Å². The van der Waals surface area contributed by atoms with Gasteiger partial charge in [-0.3, -0.25) is 0 Å². The minimum absolute atomic E-state index is 0.348. The van der Waals surface area contributed by atoms with Crippen molar-refractivity contribution < 1.29 is 4.74 Å². The summed E-state index contributed by atoms with van der Waals surface area (Å²) < 4.78 is 5.24. The van der Waals surface area contributed by atoms with Crippen molar-refractivity contribution in [3.63, 3.8) is 0 Å². The molecule has 60 valence electrons. The highest BCUT2D eigenvalue weighted by atomic mass is 16.6. The lowest BCUT2D eigenvalue weighted by atomic mass is 10.1. The standard InChI is InChI=1S/C10H9NO/c1-2-4-9-7(3-1)8(5-11-9)10-6-12-10/h1-5,10-11H,6H2/t10-/m0/s1. The van der Waals surface area contributed by atoms with Gasteiger partial charge >= 0.3 is 0 Å². The fraction of sp³-hybridized carbons (Fsp3) is 0.200.